The van der Waals surface area contributed by atoms with E-state index in [1.54, 1.807) is 15.3 Å². The van der Waals surface area contributed by atoms with Gasteiger partial charge in [0.05, 0.1) is 18.8 Å². The Balaban J connectivity index is 1.64. The van der Waals surface area contributed by atoms with Crippen molar-refractivity contribution in [3.05, 3.63) is 52.2 Å². The van der Waals surface area contributed by atoms with Crippen molar-refractivity contribution in [1.82, 2.24) is 19.2 Å². The SMILES string of the molecule is CC(C)c1ncc2c(=O)n3c(nn12)NC(c1ccc(OCC=O)cc1)C3. The average Bonchev–Trinajstić information content (AvgIpc) is 3.25. The maximum absolute atomic E-state index is 12.8. The zero-order valence-corrected chi connectivity index (χ0v) is 14.5. The standard InChI is InChI=1S/C18H19N5O3/c1-11(2)16-19-9-15-17(25)22-10-14(20-18(22)21-23(15)16)12-3-5-13(6-4-12)26-8-7-24/h3-7,9,11,14H,8,10H2,1-2H3,(H,20,21). The molecule has 0 bridgehead atoms. The molecule has 0 amide bonds. The molecule has 0 spiro atoms. The lowest BCUT2D eigenvalue weighted by Crippen LogP contribution is -2.22. The molecular weight excluding hydrogens is 334 g/mol. The van der Waals surface area contributed by atoms with E-state index in [2.05, 4.69) is 15.4 Å². The molecule has 1 unspecified atom stereocenters. The van der Waals surface area contributed by atoms with Crippen LogP contribution >= 0.6 is 0 Å². The number of hydrogen-bond donors (Lipinski definition) is 1. The zero-order chi connectivity index (χ0) is 18.3. The van der Waals surface area contributed by atoms with Crippen molar-refractivity contribution >= 4 is 17.8 Å². The highest BCUT2D eigenvalue weighted by atomic mass is 16.5. The smallest absolute Gasteiger partial charge is 0.281 e. The molecule has 4 rings (SSSR count). The summed E-state index contributed by atoms with van der Waals surface area (Å²) in [5.41, 5.74) is 1.40. The molecule has 2 aromatic heterocycles. The molecule has 8 heteroatoms. The van der Waals surface area contributed by atoms with Crippen molar-refractivity contribution in [3.8, 4) is 5.75 Å². The molecule has 1 atom stereocenters. The molecule has 0 fully saturated rings. The van der Waals surface area contributed by atoms with Gasteiger partial charge in [-0.1, -0.05) is 26.0 Å². The number of rotatable bonds is 5. The number of hydrogen-bond acceptors (Lipinski definition) is 6. The predicted octanol–water partition coefficient (Wildman–Crippen LogP) is 1.76. The fourth-order valence-corrected chi connectivity index (χ4v) is 3.16. The third-order valence-corrected chi connectivity index (χ3v) is 4.46. The summed E-state index contributed by atoms with van der Waals surface area (Å²) in [6.45, 7) is 4.57. The largest absolute Gasteiger partial charge is 0.486 e. The van der Waals surface area contributed by atoms with Crippen LogP contribution in [0.1, 0.15) is 37.2 Å². The second-order valence-electron chi connectivity index (χ2n) is 6.55. The van der Waals surface area contributed by atoms with E-state index in [0.29, 0.717) is 30.0 Å². The van der Waals surface area contributed by atoms with Crippen molar-refractivity contribution in [2.24, 2.45) is 0 Å². The van der Waals surface area contributed by atoms with Gasteiger partial charge in [0.25, 0.3) is 5.56 Å². The second-order valence-corrected chi connectivity index (χ2v) is 6.55. The van der Waals surface area contributed by atoms with Crippen LogP contribution < -0.4 is 15.6 Å². The van der Waals surface area contributed by atoms with Crippen LogP contribution in [0.15, 0.2) is 35.3 Å². The van der Waals surface area contributed by atoms with Crippen LogP contribution in [-0.2, 0) is 11.3 Å². The summed E-state index contributed by atoms with van der Waals surface area (Å²) in [6.07, 6.45) is 2.30. The molecule has 3 aromatic rings. The minimum absolute atomic E-state index is 0.0325. The summed E-state index contributed by atoms with van der Waals surface area (Å²) >= 11 is 0. The summed E-state index contributed by atoms with van der Waals surface area (Å²) in [6, 6.07) is 7.40. The zero-order valence-electron chi connectivity index (χ0n) is 14.5. The van der Waals surface area contributed by atoms with Crippen molar-refractivity contribution in [1.29, 1.82) is 0 Å². The van der Waals surface area contributed by atoms with Crippen LogP contribution in [0.25, 0.3) is 5.52 Å². The van der Waals surface area contributed by atoms with Crippen LogP contribution in [0.4, 0.5) is 5.95 Å². The molecule has 3 heterocycles. The lowest BCUT2D eigenvalue weighted by Gasteiger charge is -2.11. The number of anilines is 1. The lowest BCUT2D eigenvalue weighted by atomic mass is 10.1. The highest BCUT2D eigenvalue weighted by Gasteiger charge is 2.26. The number of nitrogens with zero attached hydrogens (tertiary/aromatic N) is 4. The van der Waals surface area contributed by atoms with Crippen molar-refractivity contribution < 1.29 is 9.53 Å². The molecule has 0 saturated carbocycles. The second kappa shape index (κ2) is 6.29. The molecule has 26 heavy (non-hydrogen) atoms. The maximum atomic E-state index is 12.8. The normalized spacial score (nSPS) is 15.9. The van der Waals surface area contributed by atoms with Gasteiger partial charge in [-0.05, 0) is 17.7 Å². The van der Waals surface area contributed by atoms with Gasteiger partial charge >= 0.3 is 0 Å². The fraction of sp³-hybridized carbons (Fsp3) is 0.333. The number of carbonyl (C=O) groups is 1. The van der Waals surface area contributed by atoms with Gasteiger partial charge in [-0.15, -0.1) is 5.10 Å². The Labute approximate surface area is 149 Å². The number of ether oxygens (including phenoxy) is 1. The summed E-state index contributed by atoms with van der Waals surface area (Å²) in [4.78, 5) is 27.5. The molecule has 1 N–H and O–H groups in total. The Bertz CT molecular complexity index is 1020. The van der Waals surface area contributed by atoms with E-state index in [4.69, 9.17) is 4.74 Å². The molecule has 1 aliphatic heterocycles. The first kappa shape index (κ1) is 16.3. The Kier molecular flexibility index (Phi) is 3.95. The predicted molar refractivity (Wildman–Crippen MR) is 95.7 cm³/mol. The van der Waals surface area contributed by atoms with Crippen molar-refractivity contribution in [2.45, 2.75) is 32.4 Å². The van der Waals surface area contributed by atoms with Gasteiger partial charge in [0.15, 0.2) is 11.8 Å². The number of aldehydes is 1. The van der Waals surface area contributed by atoms with Gasteiger partial charge in [-0.2, -0.15) is 0 Å². The third-order valence-electron chi connectivity index (χ3n) is 4.46. The number of imidazole rings is 1. The van der Waals surface area contributed by atoms with Gasteiger partial charge in [0, 0.05) is 5.92 Å². The van der Waals surface area contributed by atoms with Gasteiger partial charge in [0.1, 0.15) is 18.2 Å². The summed E-state index contributed by atoms with van der Waals surface area (Å²) in [5, 5.41) is 7.88. The van der Waals surface area contributed by atoms with Gasteiger partial charge in [0.2, 0.25) is 5.95 Å². The molecule has 1 aromatic carbocycles. The van der Waals surface area contributed by atoms with E-state index >= 15 is 0 Å². The van der Waals surface area contributed by atoms with Crippen LogP contribution in [0.3, 0.4) is 0 Å². The topological polar surface area (TPSA) is 90.5 Å². The minimum atomic E-state index is -0.102. The third kappa shape index (κ3) is 2.63. The molecule has 0 saturated heterocycles. The number of carbonyl (C=O) groups excluding carboxylic acids is 1. The number of aromatic nitrogens is 4. The monoisotopic (exact) mass is 353 g/mol. The van der Waals surface area contributed by atoms with E-state index in [1.165, 1.54) is 0 Å². The highest BCUT2D eigenvalue weighted by Crippen LogP contribution is 2.28. The number of benzene rings is 1. The number of nitrogens with one attached hydrogen (secondary N) is 1. The van der Waals surface area contributed by atoms with E-state index in [1.807, 2.05) is 38.1 Å². The van der Waals surface area contributed by atoms with Crippen molar-refractivity contribution in [3.63, 3.8) is 0 Å². The van der Waals surface area contributed by atoms with E-state index in [0.717, 1.165) is 11.4 Å². The van der Waals surface area contributed by atoms with Crippen LogP contribution in [0.2, 0.25) is 0 Å². The minimum Gasteiger partial charge on any atom is -0.486 e. The lowest BCUT2D eigenvalue weighted by molar-refractivity contribution is -0.109. The number of fused-ring (bicyclic) bond motifs is 2. The van der Waals surface area contributed by atoms with Gasteiger partial charge in [-0.25, -0.2) is 9.50 Å². The maximum Gasteiger partial charge on any atom is 0.281 e. The van der Waals surface area contributed by atoms with Crippen LogP contribution in [0.5, 0.6) is 5.75 Å². The Morgan fingerprint density at radius 3 is 2.81 bits per heavy atom. The average molecular weight is 353 g/mol. The van der Waals surface area contributed by atoms with E-state index in [9.17, 15) is 9.59 Å². The molecule has 0 aliphatic carbocycles. The van der Waals surface area contributed by atoms with Gasteiger partial charge in [-0.3, -0.25) is 14.2 Å². The first-order valence-electron chi connectivity index (χ1n) is 8.50. The Morgan fingerprint density at radius 1 is 1.35 bits per heavy atom. The highest BCUT2D eigenvalue weighted by molar-refractivity contribution is 5.51. The van der Waals surface area contributed by atoms with Gasteiger partial charge < -0.3 is 10.1 Å². The summed E-state index contributed by atoms with van der Waals surface area (Å²) < 4.78 is 8.54. The molecule has 8 nitrogen and oxygen atoms in total. The first-order valence-corrected chi connectivity index (χ1v) is 8.50. The first-order chi connectivity index (χ1) is 12.6. The van der Waals surface area contributed by atoms with Crippen LogP contribution in [-0.4, -0.2) is 32.1 Å². The van der Waals surface area contributed by atoms with Crippen molar-refractivity contribution in [2.75, 3.05) is 11.9 Å². The fourth-order valence-electron chi connectivity index (χ4n) is 3.16. The van der Waals surface area contributed by atoms with Crippen LogP contribution in [0, 0.1) is 0 Å². The molecule has 1 aliphatic rings. The molecular formula is C18H19N5O3. The molecule has 134 valence electrons. The van der Waals surface area contributed by atoms with E-state index in [-0.39, 0.29) is 24.1 Å². The molecule has 0 radical (unpaired) electrons. The summed E-state index contributed by atoms with van der Waals surface area (Å²) in [7, 11) is 0. The quantitative estimate of drug-likeness (QED) is 0.703. The Hall–Kier alpha value is -3.16. The van der Waals surface area contributed by atoms with E-state index < -0.39 is 0 Å². The Morgan fingerprint density at radius 2 is 2.12 bits per heavy atom. The summed E-state index contributed by atoms with van der Waals surface area (Å²) in [5.74, 6) is 2.10.